The van der Waals surface area contributed by atoms with Crippen LogP contribution in [0.2, 0.25) is 0 Å². The molecular formula is C20H26N2O2. The van der Waals surface area contributed by atoms with Crippen molar-refractivity contribution in [2.75, 3.05) is 17.2 Å². The van der Waals surface area contributed by atoms with Crippen molar-refractivity contribution in [2.45, 2.75) is 40.2 Å². The zero-order chi connectivity index (χ0) is 17.5. The van der Waals surface area contributed by atoms with Crippen molar-refractivity contribution in [1.29, 1.82) is 0 Å². The van der Waals surface area contributed by atoms with Crippen molar-refractivity contribution in [1.82, 2.24) is 0 Å². The van der Waals surface area contributed by atoms with Crippen LogP contribution in [0.3, 0.4) is 0 Å². The smallest absolute Gasteiger partial charge is 0.243 e. The fourth-order valence-electron chi connectivity index (χ4n) is 2.20. The molecule has 0 bridgehead atoms. The molecule has 1 unspecified atom stereocenters. The summed E-state index contributed by atoms with van der Waals surface area (Å²) in [5, 5.41) is 6.03. The zero-order valence-electron chi connectivity index (χ0n) is 14.8. The van der Waals surface area contributed by atoms with Gasteiger partial charge < -0.3 is 15.4 Å². The second-order valence-corrected chi connectivity index (χ2v) is 6.07. The molecule has 0 saturated heterocycles. The molecule has 0 fully saturated rings. The van der Waals surface area contributed by atoms with Crippen LogP contribution in [-0.4, -0.2) is 18.6 Å². The normalized spacial score (nSPS) is 11.7. The fourth-order valence-corrected chi connectivity index (χ4v) is 2.20. The second-order valence-electron chi connectivity index (χ2n) is 6.07. The maximum absolute atomic E-state index is 12.1. The standard InChI is InChI=1S/C20H26N2O2/c1-5-16(4)24-19-8-6-7-17(12-19)21-13-20(23)22-18-10-9-14(2)15(3)11-18/h6-12,16,21H,5,13H2,1-4H3,(H,22,23). The molecular weight excluding hydrogens is 300 g/mol. The predicted molar refractivity (Wildman–Crippen MR) is 99.9 cm³/mol. The van der Waals surface area contributed by atoms with Gasteiger partial charge >= 0.3 is 0 Å². The van der Waals surface area contributed by atoms with Crippen LogP contribution < -0.4 is 15.4 Å². The first-order valence-electron chi connectivity index (χ1n) is 8.35. The van der Waals surface area contributed by atoms with Crippen LogP contribution in [0.1, 0.15) is 31.4 Å². The monoisotopic (exact) mass is 326 g/mol. The Morgan fingerprint density at radius 3 is 2.58 bits per heavy atom. The van der Waals surface area contributed by atoms with Gasteiger partial charge in [0, 0.05) is 17.4 Å². The third kappa shape index (κ3) is 5.30. The Morgan fingerprint density at radius 1 is 1.08 bits per heavy atom. The van der Waals surface area contributed by atoms with Crippen molar-refractivity contribution >= 4 is 17.3 Å². The van der Waals surface area contributed by atoms with Gasteiger partial charge in [-0.05, 0) is 62.6 Å². The Hall–Kier alpha value is -2.49. The molecule has 2 rings (SSSR count). The highest BCUT2D eigenvalue weighted by atomic mass is 16.5. The maximum atomic E-state index is 12.1. The quantitative estimate of drug-likeness (QED) is 0.786. The highest BCUT2D eigenvalue weighted by Gasteiger charge is 2.05. The van der Waals surface area contributed by atoms with E-state index in [1.807, 2.05) is 56.3 Å². The molecule has 0 aromatic heterocycles. The first-order valence-corrected chi connectivity index (χ1v) is 8.35. The Balaban J connectivity index is 1.89. The SMILES string of the molecule is CCC(C)Oc1cccc(NCC(=O)Nc2ccc(C)c(C)c2)c1. The van der Waals surface area contributed by atoms with Crippen molar-refractivity contribution in [2.24, 2.45) is 0 Å². The number of hydrogen-bond acceptors (Lipinski definition) is 3. The third-order valence-corrected chi connectivity index (χ3v) is 3.99. The van der Waals surface area contributed by atoms with Gasteiger partial charge in [-0.15, -0.1) is 0 Å². The number of nitrogens with one attached hydrogen (secondary N) is 2. The molecule has 0 aliphatic heterocycles. The van der Waals surface area contributed by atoms with Crippen LogP contribution in [0.15, 0.2) is 42.5 Å². The molecule has 2 N–H and O–H groups in total. The predicted octanol–water partition coefficient (Wildman–Crippen LogP) is 4.53. The van der Waals surface area contributed by atoms with Gasteiger partial charge in [0.05, 0.1) is 12.6 Å². The Morgan fingerprint density at radius 2 is 1.88 bits per heavy atom. The van der Waals surface area contributed by atoms with Crippen LogP contribution >= 0.6 is 0 Å². The summed E-state index contributed by atoms with van der Waals surface area (Å²) in [5.74, 6) is 0.732. The van der Waals surface area contributed by atoms with Gasteiger partial charge in [0.25, 0.3) is 0 Å². The van der Waals surface area contributed by atoms with Crippen molar-refractivity contribution in [3.63, 3.8) is 0 Å². The summed E-state index contributed by atoms with van der Waals surface area (Å²) in [6, 6.07) is 13.6. The molecule has 0 spiro atoms. The lowest BCUT2D eigenvalue weighted by molar-refractivity contribution is -0.114. The molecule has 1 amide bonds. The molecule has 4 nitrogen and oxygen atoms in total. The molecule has 2 aromatic carbocycles. The van der Waals surface area contributed by atoms with Gasteiger partial charge in [-0.3, -0.25) is 4.79 Å². The van der Waals surface area contributed by atoms with Gasteiger partial charge in [0.15, 0.2) is 0 Å². The Labute approximate surface area is 144 Å². The summed E-state index contributed by atoms with van der Waals surface area (Å²) in [6.07, 6.45) is 1.13. The van der Waals surface area contributed by atoms with Crippen LogP contribution in [0.25, 0.3) is 0 Å². The van der Waals surface area contributed by atoms with Crippen LogP contribution in [0.4, 0.5) is 11.4 Å². The molecule has 0 aliphatic carbocycles. The van der Waals surface area contributed by atoms with E-state index in [2.05, 4.69) is 24.5 Å². The van der Waals surface area contributed by atoms with Gasteiger partial charge in [-0.1, -0.05) is 19.1 Å². The van der Waals surface area contributed by atoms with E-state index in [4.69, 9.17) is 4.74 Å². The summed E-state index contributed by atoms with van der Waals surface area (Å²) >= 11 is 0. The number of rotatable bonds is 7. The number of anilines is 2. The first kappa shape index (κ1) is 17.9. The van der Waals surface area contributed by atoms with Crippen molar-refractivity contribution in [3.05, 3.63) is 53.6 Å². The average molecular weight is 326 g/mol. The lowest BCUT2D eigenvalue weighted by atomic mass is 10.1. The van der Waals surface area contributed by atoms with Gasteiger partial charge in [0.1, 0.15) is 5.75 Å². The number of ether oxygens (including phenoxy) is 1. The number of benzene rings is 2. The fraction of sp³-hybridized carbons (Fsp3) is 0.350. The largest absolute Gasteiger partial charge is 0.491 e. The molecule has 1 atom stereocenters. The van der Waals surface area contributed by atoms with E-state index in [1.54, 1.807) is 0 Å². The van der Waals surface area contributed by atoms with Gasteiger partial charge in [0.2, 0.25) is 5.91 Å². The second kappa shape index (κ2) is 8.39. The molecule has 4 heteroatoms. The van der Waals surface area contributed by atoms with E-state index in [1.165, 1.54) is 5.56 Å². The Kier molecular flexibility index (Phi) is 6.24. The summed E-state index contributed by atoms with van der Waals surface area (Å²) in [4.78, 5) is 12.1. The highest BCUT2D eigenvalue weighted by molar-refractivity contribution is 5.93. The van der Waals surface area contributed by atoms with Crippen molar-refractivity contribution < 1.29 is 9.53 Å². The minimum Gasteiger partial charge on any atom is -0.491 e. The third-order valence-electron chi connectivity index (χ3n) is 3.99. The van der Waals surface area contributed by atoms with Gasteiger partial charge in [-0.2, -0.15) is 0 Å². The lowest BCUT2D eigenvalue weighted by Crippen LogP contribution is -2.21. The van der Waals surface area contributed by atoms with Crippen LogP contribution in [0, 0.1) is 13.8 Å². The molecule has 0 heterocycles. The Bertz CT molecular complexity index is 698. The molecule has 24 heavy (non-hydrogen) atoms. The zero-order valence-corrected chi connectivity index (χ0v) is 14.8. The number of carbonyl (C=O) groups is 1. The number of aryl methyl sites for hydroxylation is 2. The minimum atomic E-state index is -0.0773. The topological polar surface area (TPSA) is 50.4 Å². The van der Waals surface area contributed by atoms with Gasteiger partial charge in [-0.25, -0.2) is 0 Å². The van der Waals surface area contributed by atoms with E-state index in [-0.39, 0.29) is 18.6 Å². The molecule has 128 valence electrons. The van der Waals surface area contributed by atoms with E-state index in [9.17, 15) is 4.79 Å². The van der Waals surface area contributed by atoms with Crippen LogP contribution in [0.5, 0.6) is 5.75 Å². The van der Waals surface area contributed by atoms with Crippen molar-refractivity contribution in [3.8, 4) is 5.75 Å². The van der Waals surface area contributed by atoms with E-state index >= 15 is 0 Å². The molecule has 0 aliphatic rings. The minimum absolute atomic E-state index is 0.0773. The molecule has 0 radical (unpaired) electrons. The summed E-state index contributed by atoms with van der Waals surface area (Å²) in [6.45, 7) is 8.42. The molecule has 2 aromatic rings. The van der Waals surface area contributed by atoms with E-state index in [0.29, 0.717) is 0 Å². The first-order chi connectivity index (χ1) is 11.5. The number of amides is 1. The highest BCUT2D eigenvalue weighted by Crippen LogP contribution is 2.19. The van der Waals surface area contributed by atoms with E-state index < -0.39 is 0 Å². The van der Waals surface area contributed by atoms with E-state index in [0.717, 1.165) is 29.1 Å². The summed E-state index contributed by atoms with van der Waals surface area (Å²) in [7, 11) is 0. The number of carbonyl (C=O) groups excluding carboxylic acids is 1. The average Bonchev–Trinajstić information content (AvgIpc) is 2.56. The lowest BCUT2D eigenvalue weighted by Gasteiger charge is -2.14. The summed E-state index contributed by atoms with van der Waals surface area (Å²) in [5.41, 5.74) is 4.06. The van der Waals surface area contributed by atoms with Crippen LogP contribution in [-0.2, 0) is 4.79 Å². The maximum Gasteiger partial charge on any atom is 0.243 e. The summed E-state index contributed by atoms with van der Waals surface area (Å²) < 4.78 is 5.79. The number of hydrogen-bond donors (Lipinski definition) is 2. The molecule has 0 saturated carbocycles.